The molecule has 1 saturated heterocycles. The molecule has 3 rings (SSSR count). The zero-order valence-corrected chi connectivity index (χ0v) is 13.0. The smallest absolute Gasteiger partial charge is 0.222 e. The number of amides is 1. The molecule has 1 aromatic carbocycles. The predicted octanol–water partition coefficient (Wildman–Crippen LogP) is 2.61. The van der Waals surface area contributed by atoms with Crippen molar-refractivity contribution in [2.45, 2.75) is 50.7 Å². The number of carbonyl (C=O) groups excluding carboxylic acids is 1. The van der Waals surface area contributed by atoms with Gasteiger partial charge in [-0.2, -0.15) is 0 Å². The van der Waals surface area contributed by atoms with Crippen LogP contribution in [0.1, 0.15) is 38.5 Å². The van der Waals surface area contributed by atoms with Crippen LogP contribution in [0.4, 0.5) is 0 Å². The quantitative estimate of drug-likeness (QED) is 0.822. The van der Waals surface area contributed by atoms with Crippen molar-refractivity contribution in [3.8, 4) is 5.75 Å². The van der Waals surface area contributed by atoms with Crippen LogP contribution in [0.2, 0.25) is 0 Å². The van der Waals surface area contributed by atoms with Crippen molar-refractivity contribution < 1.29 is 14.6 Å². The molecule has 0 unspecified atom stereocenters. The summed E-state index contributed by atoms with van der Waals surface area (Å²) in [6.45, 7) is 1.28. The van der Waals surface area contributed by atoms with E-state index >= 15 is 0 Å². The molecule has 1 aliphatic carbocycles. The molecule has 0 radical (unpaired) electrons. The van der Waals surface area contributed by atoms with E-state index in [1.165, 1.54) is 12.8 Å². The molecule has 4 heteroatoms. The molecule has 120 valence electrons. The Balaban J connectivity index is 1.43. The largest absolute Gasteiger partial charge is 0.494 e. The summed E-state index contributed by atoms with van der Waals surface area (Å²) in [4.78, 5) is 14.5. The summed E-state index contributed by atoms with van der Waals surface area (Å²) in [6, 6.07) is 9.97. The Bertz CT molecular complexity index is 486. The lowest BCUT2D eigenvalue weighted by Gasteiger charge is -2.38. The maximum absolute atomic E-state index is 12.4. The number of likely N-dealkylation sites (tertiary alicyclic amines) is 1. The van der Waals surface area contributed by atoms with Gasteiger partial charge in [0.2, 0.25) is 5.91 Å². The molecule has 0 aromatic heterocycles. The SMILES string of the molecule is O=C(CCCOc1ccccc1)N1CC[C@@H](O)C[C@@H]1C1CC1. The highest BCUT2D eigenvalue weighted by molar-refractivity contribution is 5.76. The number of hydrogen-bond donors (Lipinski definition) is 1. The van der Waals surface area contributed by atoms with Crippen molar-refractivity contribution in [2.24, 2.45) is 5.92 Å². The van der Waals surface area contributed by atoms with Crippen LogP contribution in [-0.4, -0.2) is 41.2 Å². The van der Waals surface area contributed by atoms with Gasteiger partial charge in [-0.1, -0.05) is 18.2 Å². The van der Waals surface area contributed by atoms with E-state index in [0.717, 1.165) is 25.0 Å². The number of ether oxygens (including phenoxy) is 1. The number of rotatable bonds is 6. The fourth-order valence-corrected chi connectivity index (χ4v) is 3.29. The average Bonchev–Trinajstić information content (AvgIpc) is 3.37. The summed E-state index contributed by atoms with van der Waals surface area (Å²) in [6.07, 6.45) is 4.94. The maximum Gasteiger partial charge on any atom is 0.222 e. The molecular formula is C18H25NO3. The number of carbonyl (C=O) groups is 1. The topological polar surface area (TPSA) is 49.8 Å². The van der Waals surface area contributed by atoms with E-state index in [4.69, 9.17) is 4.74 Å². The second kappa shape index (κ2) is 7.14. The van der Waals surface area contributed by atoms with Crippen LogP contribution in [0, 0.1) is 5.92 Å². The van der Waals surface area contributed by atoms with Gasteiger partial charge in [0, 0.05) is 19.0 Å². The Morgan fingerprint density at radius 3 is 2.73 bits per heavy atom. The highest BCUT2D eigenvalue weighted by Crippen LogP contribution is 2.39. The molecule has 1 aliphatic heterocycles. The summed E-state index contributed by atoms with van der Waals surface area (Å²) in [5, 5.41) is 9.84. The first kappa shape index (κ1) is 15.3. The first-order chi connectivity index (χ1) is 10.7. The van der Waals surface area contributed by atoms with Gasteiger partial charge < -0.3 is 14.7 Å². The Labute approximate surface area is 132 Å². The van der Waals surface area contributed by atoms with Gasteiger partial charge in [-0.3, -0.25) is 4.79 Å². The van der Waals surface area contributed by atoms with E-state index in [1.807, 2.05) is 35.2 Å². The van der Waals surface area contributed by atoms with Crippen LogP contribution in [0.25, 0.3) is 0 Å². The summed E-state index contributed by atoms with van der Waals surface area (Å²) >= 11 is 0. The first-order valence-corrected chi connectivity index (χ1v) is 8.39. The van der Waals surface area contributed by atoms with Crippen molar-refractivity contribution in [2.75, 3.05) is 13.2 Å². The molecule has 1 N–H and O–H groups in total. The highest BCUT2D eigenvalue weighted by Gasteiger charge is 2.40. The molecule has 2 aliphatic rings. The molecule has 2 atom stereocenters. The van der Waals surface area contributed by atoms with Gasteiger partial charge >= 0.3 is 0 Å². The van der Waals surface area contributed by atoms with Crippen molar-refractivity contribution in [3.63, 3.8) is 0 Å². The van der Waals surface area contributed by atoms with Gasteiger partial charge in [0.25, 0.3) is 0 Å². The zero-order valence-electron chi connectivity index (χ0n) is 13.0. The van der Waals surface area contributed by atoms with E-state index in [0.29, 0.717) is 25.5 Å². The van der Waals surface area contributed by atoms with Gasteiger partial charge in [0.05, 0.1) is 12.7 Å². The van der Waals surface area contributed by atoms with Crippen molar-refractivity contribution in [1.82, 2.24) is 4.90 Å². The Kier molecular flexibility index (Phi) is 4.98. The third-order valence-corrected chi connectivity index (χ3v) is 4.65. The van der Waals surface area contributed by atoms with Crippen LogP contribution in [0.5, 0.6) is 5.75 Å². The summed E-state index contributed by atoms with van der Waals surface area (Å²) < 4.78 is 5.64. The van der Waals surface area contributed by atoms with Crippen molar-refractivity contribution >= 4 is 5.91 Å². The Morgan fingerprint density at radius 2 is 2.00 bits per heavy atom. The second-order valence-electron chi connectivity index (χ2n) is 6.44. The molecular weight excluding hydrogens is 278 g/mol. The van der Waals surface area contributed by atoms with E-state index < -0.39 is 0 Å². The monoisotopic (exact) mass is 303 g/mol. The van der Waals surface area contributed by atoms with Gasteiger partial charge in [0.1, 0.15) is 5.75 Å². The number of hydrogen-bond acceptors (Lipinski definition) is 3. The molecule has 0 bridgehead atoms. The fourth-order valence-electron chi connectivity index (χ4n) is 3.29. The zero-order chi connectivity index (χ0) is 15.4. The lowest BCUT2D eigenvalue weighted by atomic mass is 9.95. The van der Waals surface area contributed by atoms with Crippen LogP contribution in [-0.2, 0) is 4.79 Å². The minimum atomic E-state index is -0.226. The van der Waals surface area contributed by atoms with Crippen LogP contribution in [0.15, 0.2) is 30.3 Å². The lowest BCUT2D eigenvalue weighted by molar-refractivity contribution is -0.137. The molecule has 0 spiro atoms. The maximum atomic E-state index is 12.4. The third kappa shape index (κ3) is 4.01. The number of piperidine rings is 1. The van der Waals surface area contributed by atoms with Crippen LogP contribution in [0.3, 0.4) is 0 Å². The third-order valence-electron chi connectivity index (χ3n) is 4.65. The van der Waals surface area contributed by atoms with Crippen LogP contribution < -0.4 is 4.74 Å². The standard InChI is InChI=1S/C18H25NO3/c20-15-10-11-19(17(13-15)14-8-9-14)18(21)7-4-12-22-16-5-2-1-3-6-16/h1-3,5-6,14-15,17,20H,4,7-13H2/t15-,17-/m1/s1. The van der Waals surface area contributed by atoms with E-state index in [2.05, 4.69) is 0 Å². The van der Waals surface area contributed by atoms with E-state index in [9.17, 15) is 9.90 Å². The summed E-state index contributed by atoms with van der Waals surface area (Å²) in [7, 11) is 0. The molecule has 1 aromatic rings. The Hall–Kier alpha value is -1.55. The first-order valence-electron chi connectivity index (χ1n) is 8.39. The number of nitrogens with zero attached hydrogens (tertiary/aromatic N) is 1. The predicted molar refractivity (Wildman–Crippen MR) is 84.6 cm³/mol. The minimum absolute atomic E-state index is 0.223. The average molecular weight is 303 g/mol. The van der Waals surface area contributed by atoms with Crippen LogP contribution >= 0.6 is 0 Å². The number of aliphatic hydroxyl groups excluding tert-OH is 1. The number of para-hydroxylation sites is 1. The molecule has 1 amide bonds. The van der Waals surface area contributed by atoms with Gasteiger partial charge in [-0.25, -0.2) is 0 Å². The molecule has 2 fully saturated rings. The second-order valence-corrected chi connectivity index (χ2v) is 6.44. The van der Waals surface area contributed by atoms with Crippen molar-refractivity contribution in [3.05, 3.63) is 30.3 Å². The van der Waals surface area contributed by atoms with Gasteiger partial charge in [0.15, 0.2) is 0 Å². The summed E-state index contributed by atoms with van der Waals surface area (Å²) in [5.41, 5.74) is 0. The van der Waals surface area contributed by atoms with Gasteiger partial charge in [-0.15, -0.1) is 0 Å². The molecule has 22 heavy (non-hydrogen) atoms. The number of aliphatic hydroxyl groups is 1. The number of benzene rings is 1. The minimum Gasteiger partial charge on any atom is -0.494 e. The lowest BCUT2D eigenvalue weighted by Crippen LogP contribution is -2.48. The normalized spacial score (nSPS) is 25.0. The molecule has 1 heterocycles. The van der Waals surface area contributed by atoms with E-state index in [1.54, 1.807) is 0 Å². The van der Waals surface area contributed by atoms with E-state index in [-0.39, 0.29) is 18.1 Å². The Morgan fingerprint density at radius 1 is 1.23 bits per heavy atom. The summed E-state index contributed by atoms with van der Waals surface area (Å²) in [5.74, 6) is 1.70. The highest BCUT2D eigenvalue weighted by atomic mass is 16.5. The molecule has 4 nitrogen and oxygen atoms in total. The van der Waals surface area contributed by atoms with Crippen molar-refractivity contribution in [1.29, 1.82) is 0 Å². The fraction of sp³-hybridized carbons (Fsp3) is 0.611. The van der Waals surface area contributed by atoms with Gasteiger partial charge in [-0.05, 0) is 50.2 Å². The molecule has 1 saturated carbocycles.